The molecule has 6 heteroatoms. The molecule has 0 amide bonds. The first-order valence-electron chi connectivity index (χ1n) is 6.11. The number of hydrogen-bond acceptors (Lipinski definition) is 6. The number of likely N-dealkylation sites (N-methyl/N-ethyl adjacent to an activating group) is 1. The molecule has 1 aromatic rings. The third kappa shape index (κ3) is 3.37. The molecule has 17 heavy (non-hydrogen) atoms. The minimum Gasteiger partial charge on any atom is -0.363 e. The fourth-order valence-corrected chi connectivity index (χ4v) is 2.97. The summed E-state index contributed by atoms with van der Waals surface area (Å²) in [6.07, 6.45) is 1.23. The van der Waals surface area contributed by atoms with Gasteiger partial charge < -0.3 is 10.2 Å². The minimum absolute atomic E-state index is 0.587. The molecule has 0 bridgehead atoms. The Kier molecular flexibility index (Phi) is 4.31. The summed E-state index contributed by atoms with van der Waals surface area (Å²) in [5.41, 5.74) is 0. The van der Waals surface area contributed by atoms with E-state index in [0.717, 1.165) is 29.8 Å². The van der Waals surface area contributed by atoms with Crippen LogP contribution in [0.1, 0.15) is 18.4 Å². The molecular formula is C11H21N5S. The van der Waals surface area contributed by atoms with E-state index in [9.17, 15) is 0 Å². The summed E-state index contributed by atoms with van der Waals surface area (Å²) < 4.78 is 0. The van der Waals surface area contributed by atoms with Gasteiger partial charge in [-0.05, 0) is 26.9 Å². The Hall–Kier alpha value is -0.720. The van der Waals surface area contributed by atoms with Crippen LogP contribution in [0.3, 0.4) is 0 Å². The summed E-state index contributed by atoms with van der Waals surface area (Å²) in [7, 11) is 4.08. The zero-order valence-electron chi connectivity index (χ0n) is 10.8. The van der Waals surface area contributed by atoms with Gasteiger partial charge in [-0.25, -0.2) is 0 Å². The van der Waals surface area contributed by atoms with Crippen LogP contribution in [0.5, 0.6) is 0 Å². The molecule has 0 spiro atoms. The third-order valence-electron chi connectivity index (χ3n) is 3.20. The molecule has 0 aromatic carbocycles. The van der Waals surface area contributed by atoms with Gasteiger partial charge in [-0.2, -0.15) is 0 Å². The molecule has 0 saturated carbocycles. The van der Waals surface area contributed by atoms with Gasteiger partial charge in [-0.15, -0.1) is 10.2 Å². The Morgan fingerprint density at radius 3 is 2.94 bits per heavy atom. The van der Waals surface area contributed by atoms with Crippen LogP contribution in [0, 0.1) is 0 Å². The molecule has 2 rings (SSSR count). The van der Waals surface area contributed by atoms with Crippen LogP contribution in [0.25, 0.3) is 0 Å². The lowest BCUT2D eigenvalue weighted by atomic mass is 10.3. The van der Waals surface area contributed by atoms with Gasteiger partial charge in [0, 0.05) is 26.2 Å². The monoisotopic (exact) mass is 255 g/mol. The second-order valence-corrected chi connectivity index (χ2v) is 5.75. The number of nitrogens with one attached hydrogen (secondary N) is 1. The summed E-state index contributed by atoms with van der Waals surface area (Å²) in [5, 5.41) is 13.3. The second-order valence-electron chi connectivity index (χ2n) is 4.69. The molecule has 2 heterocycles. The van der Waals surface area contributed by atoms with Gasteiger partial charge in [0.2, 0.25) is 5.13 Å². The molecule has 1 aliphatic rings. The molecule has 1 saturated heterocycles. The van der Waals surface area contributed by atoms with Crippen molar-refractivity contribution < 1.29 is 0 Å². The van der Waals surface area contributed by atoms with E-state index in [-0.39, 0.29) is 0 Å². The van der Waals surface area contributed by atoms with Crippen LogP contribution in [-0.4, -0.2) is 59.8 Å². The zero-order valence-corrected chi connectivity index (χ0v) is 11.6. The molecule has 96 valence electrons. The molecule has 0 aliphatic carbocycles. The first-order chi connectivity index (χ1) is 8.19. The van der Waals surface area contributed by atoms with Crippen molar-refractivity contribution in [2.24, 2.45) is 0 Å². The SMILES string of the molecule is CNc1nnc(CN2CCCN(C)CC2C)s1. The fraction of sp³-hybridized carbons (Fsp3) is 0.818. The van der Waals surface area contributed by atoms with E-state index < -0.39 is 0 Å². The topological polar surface area (TPSA) is 44.3 Å². The van der Waals surface area contributed by atoms with Crippen LogP contribution >= 0.6 is 11.3 Å². The quantitative estimate of drug-likeness (QED) is 0.876. The van der Waals surface area contributed by atoms with Crippen molar-refractivity contribution in [1.82, 2.24) is 20.0 Å². The Bertz CT molecular complexity index is 353. The van der Waals surface area contributed by atoms with Crippen molar-refractivity contribution in [2.45, 2.75) is 25.9 Å². The molecule has 1 atom stereocenters. The predicted octanol–water partition coefficient (Wildman–Crippen LogP) is 1.11. The maximum absolute atomic E-state index is 4.22. The number of aromatic nitrogens is 2. The van der Waals surface area contributed by atoms with Crippen molar-refractivity contribution in [2.75, 3.05) is 39.0 Å². The molecule has 1 aliphatic heterocycles. The average molecular weight is 255 g/mol. The van der Waals surface area contributed by atoms with Crippen LogP contribution in [0.15, 0.2) is 0 Å². The normalized spacial score (nSPS) is 23.6. The third-order valence-corrected chi connectivity index (χ3v) is 4.13. The highest BCUT2D eigenvalue weighted by molar-refractivity contribution is 7.15. The van der Waals surface area contributed by atoms with Gasteiger partial charge in [0.05, 0.1) is 6.54 Å². The standard InChI is InChI=1S/C11H21N5S/c1-9-7-15(3)5-4-6-16(9)8-10-13-14-11(12-2)17-10/h9H,4-8H2,1-3H3,(H,12,14). The summed E-state index contributed by atoms with van der Waals surface area (Å²) >= 11 is 1.65. The maximum Gasteiger partial charge on any atom is 0.205 e. The smallest absolute Gasteiger partial charge is 0.205 e. The van der Waals surface area contributed by atoms with E-state index in [1.54, 1.807) is 11.3 Å². The van der Waals surface area contributed by atoms with Gasteiger partial charge in [0.15, 0.2) is 0 Å². The van der Waals surface area contributed by atoms with E-state index in [4.69, 9.17) is 0 Å². The summed E-state index contributed by atoms with van der Waals surface area (Å²) in [4.78, 5) is 4.91. The molecular weight excluding hydrogens is 234 g/mol. The fourth-order valence-electron chi connectivity index (χ4n) is 2.25. The van der Waals surface area contributed by atoms with Crippen molar-refractivity contribution in [3.63, 3.8) is 0 Å². The van der Waals surface area contributed by atoms with Crippen molar-refractivity contribution in [3.8, 4) is 0 Å². The molecule has 1 N–H and O–H groups in total. The number of rotatable bonds is 3. The van der Waals surface area contributed by atoms with E-state index >= 15 is 0 Å². The van der Waals surface area contributed by atoms with E-state index in [1.165, 1.54) is 13.0 Å². The Balaban J connectivity index is 1.97. The largest absolute Gasteiger partial charge is 0.363 e. The summed E-state index contributed by atoms with van der Waals surface area (Å²) in [5.74, 6) is 0. The highest BCUT2D eigenvalue weighted by atomic mass is 32.1. The van der Waals surface area contributed by atoms with Gasteiger partial charge in [0.1, 0.15) is 5.01 Å². The van der Waals surface area contributed by atoms with Gasteiger partial charge in [-0.3, -0.25) is 4.90 Å². The summed E-state index contributed by atoms with van der Waals surface area (Å²) in [6, 6.07) is 0.587. The van der Waals surface area contributed by atoms with E-state index in [1.807, 2.05) is 7.05 Å². The van der Waals surface area contributed by atoms with E-state index in [2.05, 4.69) is 39.3 Å². The number of nitrogens with zero attached hydrogens (tertiary/aromatic N) is 4. The lowest BCUT2D eigenvalue weighted by Crippen LogP contribution is -2.37. The highest BCUT2D eigenvalue weighted by Crippen LogP contribution is 2.18. The zero-order chi connectivity index (χ0) is 12.3. The molecule has 1 fully saturated rings. The van der Waals surface area contributed by atoms with Crippen LogP contribution in [0.4, 0.5) is 5.13 Å². The minimum atomic E-state index is 0.587. The number of hydrogen-bond donors (Lipinski definition) is 1. The van der Waals surface area contributed by atoms with Crippen molar-refractivity contribution >= 4 is 16.5 Å². The number of anilines is 1. The first kappa shape index (κ1) is 12.7. The Morgan fingerprint density at radius 1 is 1.41 bits per heavy atom. The Labute approximate surface area is 107 Å². The van der Waals surface area contributed by atoms with Crippen LogP contribution in [-0.2, 0) is 6.54 Å². The maximum atomic E-state index is 4.22. The molecule has 5 nitrogen and oxygen atoms in total. The van der Waals surface area contributed by atoms with E-state index in [0.29, 0.717) is 6.04 Å². The second kappa shape index (κ2) is 5.75. The van der Waals surface area contributed by atoms with Crippen LogP contribution < -0.4 is 5.32 Å². The predicted molar refractivity (Wildman–Crippen MR) is 71.4 cm³/mol. The lowest BCUT2D eigenvalue weighted by Gasteiger charge is -2.26. The summed E-state index contributed by atoms with van der Waals surface area (Å²) in [6.45, 7) is 6.70. The van der Waals surface area contributed by atoms with Gasteiger partial charge in [0.25, 0.3) is 0 Å². The first-order valence-corrected chi connectivity index (χ1v) is 6.93. The van der Waals surface area contributed by atoms with Crippen molar-refractivity contribution in [3.05, 3.63) is 5.01 Å². The Morgan fingerprint density at radius 2 is 2.24 bits per heavy atom. The molecule has 0 radical (unpaired) electrons. The molecule has 1 unspecified atom stereocenters. The van der Waals surface area contributed by atoms with Crippen molar-refractivity contribution in [1.29, 1.82) is 0 Å². The van der Waals surface area contributed by atoms with Gasteiger partial charge >= 0.3 is 0 Å². The van der Waals surface area contributed by atoms with Crippen LogP contribution in [0.2, 0.25) is 0 Å². The molecule has 1 aromatic heterocycles. The lowest BCUT2D eigenvalue weighted by molar-refractivity contribution is 0.194. The average Bonchev–Trinajstić information content (AvgIpc) is 2.68. The van der Waals surface area contributed by atoms with Gasteiger partial charge in [-0.1, -0.05) is 11.3 Å². The highest BCUT2D eigenvalue weighted by Gasteiger charge is 2.20.